The van der Waals surface area contributed by atoms with Crippen LogP contribution in [0.15, 0.2) is 48.5 Å². The van der Waals surface area contributed by atoms with Crippen molar-refractivity contribution in [3.63, 3.8) is 0 Å². The van der Waals surface area contributed by atoms with Crippen molar-refractivity contribution in [1.29, 1.82) is 0 Å². The molecule has 30 heavy (non-hydrogen) atoms. The van der Waals surface area contributed by atoms with E-state index >= 15 is 0 Å². The molecule has 2 amide bonds. The standard InChI is InChI=1S/C25H34N2O3/c1-5-7-16-26-25(29)22(6-2)27(17-21-14-12-19(3)13-15-21)24(28)18-30-23-11-9-8-10-20(23)4/h8-15,22H,5-7,16-18H2,1-4H3,(H,26,29)/t22-/m1/s1. The minimum absolute atomic E-state index is 0.102. The molecule has 0 saturated carbocycles. The van der Waals surface area contributed by atoms with Crippen molar-refractivity contribution in [3.8, 4) is 5.75 Å². The normalized spacial score (nSPS) is 11.6. The van der Waals surface area contributed by atoms with Gasteiger partial charge in [0.2, 0.25) is 5.91 Å². The second-order valence-corrected chi connectivity index (χ2v) is 7.63. The molecule has 2 aromatic carbocycles. The fourth-order valence-electron chi connectivity index (χ4n) is 3.26. The van der Waals surface area contributed by atoms with Gasteiger partial charge in [0.1, 0.15) is 11.8 Å². The van der Waals surface area contributed by atoms with Gasteiger partial charge in [-0.3, -0.25) is 9.59 Å². The molecule has 162 valence electrons. The number of hydrogen-bond acceptors (Lipinski definition) is 3. The third-order valence-electron chi connectivity index (χ3n) is 5.13. The van der Waals surface area contributed by atoms with E-state index in [1.807, 2.05) is 69.3 Å². The van der Waals surface area contributed by atoms with Crippen LogP contribution in [0.2, 0.25) is 0 Å². The first-order valence-electron chi connectivity index (χ1n) is 10.8. The van der Waals surface area contributed by atoms with Crippen molar-refractivity contribution >= 4 is 11.8 Å². The molecule has 0 heterocycles. The first kappa shape index (κ1) is 23.5. The number of nitrogens with one attached hydrogen (secondary N) is 1. The second-order valence-electron chi connectivity index (χ2n) is 7.63. The van der Waals surface area contributed by atoms with E-state index in [1.165, 1.54) is 0 Å². The van der Waals surface area contributed by atoms with Crippen molar-refractivity contribution in [1.82, 2.24) is 10.2 Å². The number of carbonyl (C=O) groups is 2. The molecule has 0 saturated heterocycles. The zero-order valence-corrected chi connectivity index (χ0v) is 18.6. The summed E-state index contributed by atoms with van der Waals surface area (Å²) in [7, 11) is 0. The molecular formula is C25H34N2O3. The van der Waals surface area contributed by atoms with Crippen molar-refractivity contribution in [2.24, 2.45) is 0 Å². The van der Waals surface area contributed by atoms with Crippen LogP contribution in [0.4, 0.5) is 0 Å². The Morgan fingerprint density at radius 2 is 1.73 bits per heavy atom. The summed E-state index contributed by atoms with van der Waals surface area (Å²) < 4.78 is 5.79. The summed E-state index contributed by atoms with van der Waals surface area (Å²) in [5, 5.41) is 2.97. The number of rotatable bonds is 11. The van der Waals surface area contributed by atoms with E-state index in [0.717, 1.165) is 29.5 Å². The summed E-state index contributed by atoms with van der Waals surface area (Å²) in [5.41, 5.74) is 3.12. The molecule has 2 rings (SSSR count). The van der Waals surface area contributed by atoms with E-state index in [4.69, 9.17) is 4.74 Å². The number of benzene rings is 2. The van der Waals surface area contributed by atoms with E-state index < -0.39 is 6.04 Å². The van der Waals surface area contributed by atoms with Crippen LogP contribution in [-0.4, -0.2) is 35.9 Å². The highest BCUT2D eigenvalue weighted by molar-refractivity contribution is 5.88. The van der Waals surface area contributed by atoms with Gasteiger partial charge in [-0.15, -0.1) is 0 Å². The maximum absolute atomic E-state index is 13.2. The van der Waals surface area contributed by atoms with E-state index in [2.05, 4.69) is 12.2 Å². The topological polar surface area (TPSA) is 58.6 Å². The van der Waals surface area contributed by atoms with Gasteiger partial charge >= 0.3 is 0 Å². The highest BCUT2D eigenvalue weighted by Gasteiger charge is 2.28. The highest BCUT2D eigenvalue weighted by Crippen LogP contribution is 2.18. The van der Waals surface area contributed by atoms with Gasteiger partial charge in [0.15, 0.2) is 6.61 Å². The zero-order chi connectivity index (χ0) is 21.9. The Morgan fingerprint density at radius 3 is 2.37 bits per heavy atom. The first-order chi connectivity index (χ1) is 14.5. The number of unbranched alkanes of at least 4 members (excludes halogenated alkanes) is 1. The average molecular weight is 411 g/mol. The molecule has 5 heteroatoms. The molecule has 1 N–H and O–H groups in total. The predicted octanol–water partition coefficient (Wildman–Crippen LogP) is 4.41. The van der Waals surface area contributed by atoms with E-state index in [9.17, 15) is 9.59 Å². The zero-order valence-electron chi connectivity index (χ0n) is 18.6. The monoisotopic (exact) mass is 410 g/mol. The molecule has 1 atom stereocenters. The Hall–Kier alpha value is -2.82. The molecule has 0 aromatic heterocycles. The quantitative estimate of drug-likeness (QED) is 0.559. The Labute approximate surface area is 180 Å². The molecule has 5 nitrogen and oxygen atoms in total. The molecule has 0 bridgehead atoms. The Bertz CT molecular complexity index is 817. The van der Waals surface area contributed by atoms with Gasteiger partial charge in [0.05, 0.1) is 0 Å². The van der Waals surface area contributed by atoms with Gasteiger partial charge in [0.25, 0.3) is 5.91 Å². The van der Waals surface area contributed by atoms with Crippen molar-refractivity contribution < 1.29 is 14.3 Å². The SMILES string of the molecule is CCCCNC(=O)[C@@H](CC)N(Cc1ccc(C)cc1)C(=O)COc1ccccc1C. The maximum Gasteiger partial charge on any atom is 0.261 e. The number of nitrogens with zero attached hydrogens (tertiary/aromatic N) is 1. The van der Waals surface area contributed by atoms with Crippen LogP contribution in [0.1, 0.15) is 49.8 Å². The van der Waals surface area contributed by atoms with Crippen LogP contribution in [0.5, 0.6) is 5.75 Å². The van der Waals surface area contributed by atoms with Gasteiger partial charge in [0, 0.05) is 13.1 Å². The summed E-state index contributed by atoms with van der Waals surface area (Å²) in [4.78, 5) is 27.6. The minimum atomic E-state index is -0.531. The maximum atomic E-state index is 13.2. The third-order valence-corrected chi connectivity index (χ3v) is 5.13. The summed E-state index contributed by atoms with van der Waals surface area (Å²) >= 11 is 0. The predicted molar refractivity (Wildman–Crippen MR) is 120 cm³/mol. The van der Waals surface area contributed by atoms with Crippen LogP contribution in [0.25, 0.3) is 0 Å². The molecule has 0 unspecified atom stereocenters. The fraction of sp³-hybridized carbons (Fsp3) is 0.440. The second kappa shape index (κ2) is 12.0. The molecule has 0 aliphatic carbocycles. The number of aryl methyl sites for hydroxylation is 2. The van der Waals surface area contributed by atoms with Gasteiger partial charge in [-0.2, -0.15) is 0 Å². The van der Waals surface area contributed by atoms with E-state index in [-0.39, 0.29) is 18.4 Å². The summed E-state index contributed by atoms with van der Waals surface area (Å²) in [6.45, 7) is 8.88. The Balaban J connectivity index is 2.17. The van der Waals surface area contributed by atoms with E-state index in [1.54, 1.807) is 4.90 Å². The fourth-order valence-corrected chi connectivity index (χ4v) is 3.26. The third kappa shape index (κ3) is 6.90. The smallest absolute Gasteiger partial charge is 0.261 e. The summed E-state index contributed by atoms with van der Waals surface area (Å²) in [6, 6.07) is 15.1. The van der Waals surface area contributed by atoms with Crippen molar-refractivity contribution in [2.75, 3.05) is 13.2 Å². The lowest BCUT2D eigenvalue weighted by Gasteiger charge is -2.30. The molecule has 0 fully saturated rings. The number of carbonyl (C=O) groups excluding carboxylic acids is 2. The number of amides is 2. The van der Waals surface area contributed by atoms with Gasteiger partial charge < -0.3 is 15.0 Å². The van der Waals surface area contributed by atoms with Gasteiger partial charge in [-0.05, 0) is 43.9 Å². The molecule has 0 aliphatic heterocycles. The number of para-hydroxylation sites is 1. The van der Waals surface area contributed by atoms with Crippen LogP contribution in [0, 0.1) is 13.8 Å². The first-order valence-corrected chi connectivity index (χ1v) is 10.8. The summed E-state index contributed by atoms with van der Waals surface area (Å²) in [6.07, 6.45) is 2.47. The largest absolute Gasteiger partial charge is 0.484 e. The van der Waals surface area contributed by atoms with Crippen LogP contribution in [0.3, 0.4) is 0 Å². The van der Waals surface area contributed by atoms with Crippen LogP contribution >= 0.6 is 0 Å². The summed E-state index contributed by atoms with van der Waals surface area (Å²) in [5.74, 6) is 0.375. The highest BCUT2D eigenvalue weighted by atomic mass is 16.5. The number of hydrogen-bond donors (Lipinski definition) is 1. The lowest BCUT2D eigenvalue weighted by atomic mass is 10.1. The molecule has 0 radical (unpaired) electrons. The Morgan fingerprint density at radius 1 is 1.03 bits per heavy atom. The Kier molecular flexibility index (Phi) is 9.39. The van der Waals surface area contributed by atoms with Crippen LogP contribution in [-0.2, 0) is 16.1 Å². The average Bonchev–Trinajstić information content (AvgIpc) is 2.74. The van der Waals surface area contributed by atoms with Gasteiger partial charge in [-0.1, -0.05) is 68.3 Å². The van der Waals surface area contributed by atoms with Crippen LogP contribution < -0.4 is 10.1 Å². The lowest BCUT2D eigenvalue weighted by molar-refractivity contribution is -0.143. The van der Waals surface area contributed by atoms with Crippen molar-refractivity contribution in [2.45, 2.75) is 59.5 Å². The molecular weight excluding hydrogens is 376 g/mol. The lowest BCUT2D eigenvalue weighted by Crippen LogP contribution is -2.50. The van der Waals surface area contributed by atoms with Gasteiger partial charge in [-0.25, -0.2) is 0 Å². The minimum Gasteiger partial charge on any atom is -0.484 e. The molecule has 2 aromatic rings. The number of ether oxygens (including phenoxy) is 1. The molecule has 0 spiro atoms. The molecule has 0 aliphatic rings. The van der Waals surface area contributed by atoms with E-state index in [0.29, 0.717) is 25.3 Å². The van der Waals surface area contributed by atoms with Crippen molar-refractivity contribution in [3.05, 3.63) is 65.2 Å².